The summed E-state index contributed by atoms with van der Waals surface area (Å²) in [4.78, 5) is 0. The number of furan rings is 1. The van der Waals surface area contributed by atoms with Crippen LogP contribution in [0.2, 0.25) is 0 Å². The first-order chi connectivity index (χ1) is 9.02. The Bertz CT molecular complexity index is 555. The Hall–Kier alpha value is -1.75. The summed E-state index contributed by atoms with van der Waals surface area (Å²) in [5.74, 6) is 1.39. The van der Waals surface area contributed by atoms with Crippen molar-refractivity contribution in [3.8, 4) is 0 Å². The number of aliphatic hydroxyl groups is 1. The van der Waals surface area contributed by atoms with Gasteiger partial charge in [-0.2, -0.15) is 5.10 Å². The minimum absolute atomic E-state index is 0.0661. The molecule has 19 heavy (non-hydrogen) atoms. The van der Waals surface area contributed by atoms with E-state index in [1.807, 2.05) is 17.7 Å². The highest BCUT2D eigenvalue weighted by atomic mass is 16.4. The van der Waals surface area contributed by atoms with Gasteiger partial charge in [0.25, 0.3) is 0 Å². The molecular formula is C14H21N3O2. The number of aliphatic hydroxyl groups excluding tert-OH is 1. The molecule has 2 aromatic heterocycles. The second kappa shape index (κ2) is 5.48. The zero-order valence-electron chi connectivity index (χ0n) is 11.9. The van der Waals surface area contributed by atoms with Crippen LogP contribution < -0.4 is 5.32 Å². The van der Waals surface area contributed by atoms with Crippen LogP contribution in [0.1, 0.15) is 42.8 Å². The zero-order chi connectivity index (χ0) is 14.0. The van der Waals surface area contributed by atoms with Gasteiger partial charge in [0, 0.05) is 6.04 Å². The molecule has 104 valence electrons. The van der Waals surface area contributed by atoms with E-state index in [2.05, 4.69) is 31.2 Å². The molecule has 0 spiro atoms. The van der Waals surface area contributed by atoms with E-state index in [9.17, 15) is 0 Å². The molecule has 0 bridgehead atoms. The quantitative estimate of drug-likeness (QED) is 0.870. The topological polar surface area (TPSA) is 63.2 Å². The largest absolute Gasteiger partial charge is 0.462 e. The average Bonchev–Trinajstić information content (AvgIpc) is 2.93. The van der Waals surface area contributed by atoms with Gasteiger partial charge in [0.2, 0.25) is 0 Å². The van der Waals surface area contributed by atoms with Crippen LogP contribution in [0.25, 0.3) is 0 Å². The maximum atomic E-state index is 8.96. The Balaban J connectivity index is 2.11. The number of nitrogens with zero attached hydrogens (tertiary/aromatic N) is 2. The van der Waals surface area contributed by atoms with Crippen molar-refractivity contribution in [2.75, 3.05) is 5.32 Å². The van der Waals surface area contributed by atoms with Gasteiger partial charge in [-0.25, -0.2) is 0 Å². The highest BCUT2D eigenvalue weighted by Crippen LogP contribution is 2.23. The van der Waals surface area contributed by atoms with E-state index in [-0.39, 0.29) is 6.61 Å². The summed E-state index contributed by atoms with van der Waals surface area (Å²) in [7, 11) is 0. The molecule has 5 heteroatoms. The molecule has 5 nitrogen and oxygen atoms in total. The van der Waals surface area contributed by atoms with E-state index in [0.717, 1.165) is 22.8 Å². The van der Waals surface area contributed by atoms with Crippen molar-refractivity contribution in [3.05, 3.63) is 35.0 Å². The lowest BCUT2D eigenvalue weighted by Gasteiger charge is -2.09. The molecule has 0 aliphatic rings. The summed E-state index contributed by atoms with van der Waals surface area (Å²) in [5, 5.41) is 16.8. The van der Waals surface area contributed by atoms with Gasteiger partial charge in [-0.05, 0) is 39.8 Å². The second-order valence-electron chi connectivity index (χ2n) is 4.96. The summed E-state index contributed by atoms with van der Waals surface area (Å²) in [6, 6.07) is 4.00. The maximum Gasteiger partial charge on any atom is 0.129 e. The first-order valence-corrected chi connectivity index (χ1v) is 6.51. The summed E-state index contributed by atoms with van der Waals surface area (Å²) in [5.41, 5.74) is 3.16. The smallest absolute Gasteiger partial charge is 0.129 e. The van der Waals surface area contributed by atoms with Crippen molar-refractivity contribution in [3.63, 3.8) is 0 Å². The highest BCUT2D eigenvalue weighted by Gasteiger charge is 2.13. The first-order valence-electron chi connectivity index (χ1n) is 6.51. The normalized spacial score (nSPS) is 11.3. The fourth-order valence-electron chi connectivity index (χ4n) is 2.20. The van der Waals surface area contributed by atoms with Crippen LogP contribution in [0.3, 0.4) is 0 Å². The molecule has 2 rings (SSSR count). The van der Waals surface area contributed by atoms with Crippen LogP contribution >= 0.6 is 0 Å². The minimum Gasteiger partial charge on any atom is -0.462 e. The van der Waals surface area contributed by atoms with Gasteiger partial charge in [0.15, 0.2) is 0 Å². The van der Waals surface area contributed by atoms with E-state index >= 15 is 0 Å². The van der Waals surface area contributed by atoms with Crippen LogP contribution in [0, 0.1) is 13.8 Å². The van der Waals surface area contributed by atoms with Crippen LogP contribution in [0.4, 0.5) is 5.69 Å². The molecule has 0 saturated carbocycles. The third kappa shape index (κ3) is 2.81. The minimum atomic E-state index is -0.0661. The van der Waals surface area contributed by atoms with Gasteiger partial charge >= 0.3 is 0 Å². The molecule has 0 saturated heterocycles. The molecule has 2 N–H and O–H groups in total. The number of rotatable bonds is 5. The van der Waals surface area contributed by atoms with E-state index in [0.29, 0.717) is 18.3 Å². The molecule has 0 aliphatic carbocycles. The summed E-state index contributed by atoms with van der Waals surface area (Å²) in [6.45, 7) is 8.81. The summed E-state index contributed by atoms with van der Waals surface area (Å²) < 4.78 is 7.46. The summed E-state index contributed by atoms with van der Waals surface area (Å²) >= 11 is 0. The Morgan fingerprint density at radius 2 is 2.00 bits per heavy atom. The van der Waals surface area contributed by atoms with Crippen LogP contribution in [-0.2, 0) is 13.2 Å². The van der Waals surface area contributed by atoms with Crippen molar-refractivity contribution >= 4 is 5.69 Å². The van der Waals surface area contributed by atoms with E-state index in [1.54, 1.807) is 6.07 Å². The Kier molecular flexibility index (Phi) is 3.95. The predicted octanol–water partition coefficient (Wildman–Crippen LogP) is 2.78. The Morgan fingerprint density at radius 1 is 1.32 bits per heavy atom. The van der Waals surface area contributed by atoms with Gasteiger partial charge in [-0.15, -0.1) is 0 Å². The molecule has 0 aromatic carbocycles. The van der Waals surface area contributed by atoms with Gasteiger partial charge in [-0.3, -0.25) is 4.68 Å². The van der Waals surface area contributed by atoms with E-state index in [1.165, 1.54) is 0 Å². The molecule has 0 atom stereocenters. The number of aryl methyl sites for hydroxylation is 1. The van der Waals surface area contributed by atoms with Crippen LogP contribution in [0.15, 0.2) is 16.5 Å². The SMILES string of the molecule is Cc1nn(C(C)C)c(C)c1NCc1ccc(CO)o1. The Morgan fingerprint density at radius 3 is 2.53 bits per heavy atom. The fraction of sp³-hybridized carbons (Fsp3) is 0.500. The van der Waals surface area contributed by atoms with Gasteiger partial charge in [0.1, 0.15) is 18.1 Å². The number of hydrogen-bond acceptors (Lipinski definition) is 4. The molecule has 0 unspecified atom stereocenters. The van der Waals surface area contributed by atoms with Crippen molar-refractivity contribution < 1.29 is 9.52 Å². The van der Waals surface area contributed by atoms with Gasteiger partial charge in [0.05, 0.1) is 23.6 Å². The molecule has 0 amide bonds. The van der Waals surface area contributed by atoms with Gasteiger partial charge in [-0.1, -0.05) is 0 Å². The van der Waals surface area contributed by atoms with Crippen molar-refractivity contribution in [1.29, 1.82) is 0 Å². The van der Waals surface area contributed by atoms with Crippen molar-refractivity contribution in [2.24, 2.45) is 0 Å². The fourth-order valence-corrected chi connectivity index (χ4v) is 2.20. The molecule has 0 aliphatic heterocycles. The number of aromatic nitrogens is 2. The monoisotopic (exact) mass is 263 g/mol. The lowest BCUT2D eigenvalue weighted by Crippen LogP contribution is -2.06. The number of anilines is 1. The van der Waals surface area contributed by atoms with Crippen LogP contribution in [-0.4, -0.2) is 14.9 Å². The highest BCUT2D eigenvalue weighted by molar-refractivity contribution is 5.52. The van der Waals surface area contributed by atoms with Crippen molar-refractivity contribution in [2.45, 2.75) is 46.9 Å². The number of nitrogens with one attached hydrogen (secondary N) is 1. The second-order valence-corrected chi connectivity index (χ2v) is 4.96. The van der Waals surface area contributed by atoms with Crippen LogP contribution in [0.5, 0.6) is 0 Å². The third-order valence-electron chi connectivity index (χ3n) is 3.13. The third-order valence-corrected chi connectivity index (χ3v) is 3.13. The van der Waals surface area contributed by atoms with Crippen molar-refractivity contribution in [1.82, 2.24) is 9.78 Å². The zero-order valence-corrected chi connectivity index (χ0v) is 11.9. The maximum absolute atomic E-state index is 8.96. The summed E-state index contributed by atoms with van der Waals surface area (Å²) in [6.07, 6.45) is 0. The lowest BCUT2D eigenvalue weighted by molar-refractivity contribution is 0.244. The molecule has 0 fully saturated rings. The standard InChI is InChI=1S/C14H21N3O2/c1-9(2)17-11(4)14(10(3)16-17)15-7-12-5-6-13(8-18)19-12/h5-6,9,15,18H,7-8H2,1-4H3. The van der Waals surface area contributed by atoms with E-state index < -0.39 is 0 Å². The lowest BCUT2D eigenvalue weighted by atomic mass is 10.3. The molecular weight excluding hydrogens is 242 g/mol. The molecule has 0 radical (unpaired) electrons. The predicted molar refractivity (Wildman–Crippen MR) is 74.0 cm³/mol. The van der Waals surface area contributed by atoms with Gasteiger partial charge < -0.3 is 14.8 Å². The first kappa shape index (κ1) is 13.7. The Labute approximate surface area is 113 Å². The molecule has 2 aromatic rings. The number of hydrogen-bond donors (Lipinski definition) is 2. The van der Waals surface area contributed by atoms with E-state index in [4.69, 9.17) is 9.52 Å². The average molecular weight is 263 g/mol. The molecule has 2 heterocycles.